The second kappa shape index (κ2) is 9.34. The minimum Gasteiger partial charge on any atom is -0.497 e. The highest BCUT2D eigenvalue weighted by atomic mass is 16.5. The van der Waals surface area contributed by atoms with Gasteiger partial charge in [-0.25, -0.2) is 9.36 Å². The first-order valence-corrected chi connectivity index (χ1v) is 11.7. The van der Waals surface area contributed by atoms with Gasteiger partial charge in [-0.1, -0.05) is 12.1 Å². The SMILES string of the molecule is COc1ccc(NC(=O)Cn2c(=O)n(-c3cccc(C)c3)c(=O)c3c2c2cc(OC)ccc2n3C)cc1. The van der Waals surface area contributed by atoms with E-state index in [1.165, 1.54) is 4.57 Å². The maximum Gasteiger partial charge on any atom is 0.336 e. The van der Waals surface area contributed by atoms with Crippen LogP contribution in [0.25, 0.3) is 27.6 Å². The van der Waals surface area contributed by atoms with Crippen LogP contribution in [-0.4, -0.2) is 33.8 Å². The van der Waals surface area contributed by atoms with Crippen LogP contribution < -0.4 is 26.0 Å². The van der Waals surface area contributed by atoms with Gasteiger partial charge in [0.15, 0.2) is 0 Å². The first kappa shape index (κ1) is 23.9. The minimum absolute atomic E-state index is 0.302. The molecule has 2 heterocycles. The molecule has 0 aliphatic heterocycles. The van der Waals surface area contributed by atoms with Crippen LogP contribution >= 0.6 is 0 Å². The van der Waals surface area contributed by atoms with Crippen molar-refractivity contribution in [2.24, 2.45) is 7.05 Å². The van der Waals surface area contributed by atoms with Crippen LogP contribution in [0, 0.1) is 6.92 Å². The maximum atomic E-state index is 13.9. The van der Waals surface area contributed by atoms with Crippen molar-refractivity contribution in [1.82, 2.24) is 13.7 Å². The van der Waals surface area contributed by atoms with Gasteiger partial charge in [0, 0.05) is 18.1 Å². The van der Waals surface area contributed by atoms with Crippen molar-refractivity contribution in [1.29, 1.82) is 0 Å². The smallest absolute Gasteiger partial charge is 0.336 e. The Balaban J connectivity index is 1.75. The van der Waals surface area contributed by atoms with Gasteiger partial charge in [0.25, 0.3) is 5.56 Å². The van der Waals surface area contributed by atoms with E-state index in [-0.39, 0.29) is 6.54 Å². The lowest BCUT2D eigenvalue weighted by Gasteiger charge is -2.14. The summed E-state index contributed by atoms with van der Waals surface area (Å²) in [7, 11) is 4.88. The Morgan fingerprint density at radius 2 is 1.59 bits per heavy atom. The minimum atomic E-state index is -0.608. The lowest BCUT2D eigenvalue weighted by atomic mass is 10.2. The third kappa shape index (κ3) is 4.14. The fourth-order valence-electron chi connectivity index (χ4n) is 4.62. The monoisotopic (exact) mass is 498 g/mol. The summed E-state index contributed by atoms with van der Waals surface area (Å²) in [5, 5.41) is 3.46. The van der Waals surface area contributed by atoms with Crippen molar-refractivity contribution in [2.45, 2.75) is 13.5 Å². The summed E-state index contributed by atoms with van der Waals surface area (Å²) in [5.41, 5.74) is 2.24. The molecule has 37 heavy (non-hydrogen) atoms. The standard InChI is InChI=1S/C28H26N4O5/c1-17-6-5-7-19(14-17)32-27(34)26-25(22-15-21(37-4)12-13-23(22)30(26)2)31(28(32)35)16-24(33)29-18-8-10-20(36-3)11-9-18/h5-15H,16H2,1-4H3,(H,29,33). The van der Waals surface area contributed by atoms with Crippen molar-refractivity contribution >= 4 is 33.5 Å². The molecule has 5 rings (SSSR count). The van der Waals surface area contributed by atoms with Gasteiger partial charge in [-0.15, -0.1) is 0 Å². The van der Waals surface area contributed by atoms with E-state index < -0.39 is 17.2 Å². The number of fused-ring (bicyclic) bond motifs is 3. The second-order valence-electron chi connectivity index (χ2n) is 8.76. The largest absolute Gasteiger partial charge is 0.497 e. The Kier molecular flexibility index (Phi) is 6.04. The number of carbonyl (C=O) groups excluding carboxylic acids is 1. The molecule has 2 aromatic heterocycles. The number of ether oxygens (including phenoxy) is 2. The quantitative estimate of drug-likeness (QED) is 0.386. The molecule has 0 unspecified atom stereocenters. The summed E-state index contributed by atoms with van der Waals surface area (Å²) in [5.74, 6) is 0.818. The molecule has 0 fully saturated rings. The number of anilines is 1. The zero-order valence-corrected chi connectivity index (χ0v) is 20.9. The third-order valence-electron chi connectivity index (χ3n) is 6.41. The van der Waals surface area contributed by atoms with Gasteiger partial charge < -0.3 is 19.4 Å². The van der Waals surface area contributed by atoms with Crippen LogP contribution in [0.5, 0.6) is 11.5 Å². The zero-order valence-electron chi connectivity index (χ0n) is 20.9. The molecule has 0 saturated heterocycles. The highest BCUT2D eigenvalue weighted by Crippen LogP contribution is 2.29. The van der Waals surface area contributed by atoms with Crippen LogP contribution in [-0.2, 0) is 18.4 Å². The average molecular weight is 499 g/mol. The van der Waals surface area contributed by atoms with E-state index in [4.69, 9.17) is 9.47 Å². The molecule has 0 spiro atoms. The van der Waals surface area contributed by atoms with Crippen LogP contribution in [0.2, 0.25) is 0 Å². The van der Waals surface area contributed by atoms with Crippen LogP contribution in [0.4, 0.5) is 5.69 Å². The number of carbonyl (C=O) groups is 1. The number of amides is 1. The van der Waals surface area contributed by atoms with E-state index in [9.17, 15) is 14.4 Å². The third-order valence-corrected chi connectivity index (χ3v) is 6.41. The number of rotatable bonds is 6. The summed E-state index contributed by atoms with van der Waals surface area (Å²) in [6.07, 6.45) is 0. The summed E-state index contributed by atoms with van der Waals surface area (Å²) in [6.45, 7) is 1.58. The molecular weight excluding hydrogens is 472 g/mol. The second-order valence-corrected chi connectivity index (χ2v) is 8.76. The van der Waals surface area contributed by atoms with Crippen molar-refractivity contribution < 1.29 is 14.3 Å². The molecule has 9 nitrogen and oxygen atoms in total. The number of hydrogen-bond donors (Lipinski definition) is 1. The van der Waals surface area contributed by atoms with E-state index in [1.807, 2.05) is 19.1 Å². The van der Waals surface area contributed by atoms with Crippen molar-refractivity contribution in [3.05, 3.63) is 93.1 Å². The van der Waals surface area contributed by atoms with E-state index in [2.05, 4.69) is 5.32 Å². The topological polar surface area (TPSA) is 96.5 Å². The molecule has 0 saturated carbocycles. The number of aryl methyl sites for hydroxylation is 2. The van der Waals surface area contributed by atoms with Gasteiger partial charge in [-0.2, -0.15) is 0 Å². The molecule has 1 amide bonds. The summed E-state index contributed by atoms with van der Waals surface area (Å²) >= 11 is 0. The van der Waals surface area contributed by atoms with Gasteiger partial charge in [0.05, 0.1) is 30.9 Å². The number of benzene rings is 3. The molecule has 0 bridgehead atoms. The molecule has 188 valence electrons. The van der Waals surface area contributed by atoms with E-state index in [0.29, 0.717) is 39.3 Å². The van der Waals surface area contributed by atoms with Gasteiger partial charge in [-0.05, 0) is 67.1 Å². The molecule has 0 radical (unpaired) electrons. The Bertz CT molecular complexity index is 1780. The number of nitrogens with one attached hydrogen (secondary N) is 1. The van der Waals surface area contributed by atoms with Crippen LogP contribution in [0.1, 0.15) is 5.56 Å². The Morgan fingerprint density at radius 3 is 2.27 bits per heavy atom. The van der Waals surface area contributed by atoms with Gasteiger partial charge in [-0.3, -0.25) is 14.2 Å². The Labute approximate surface area is 212 Å². The van der Waals surface area contributed by atoms with Crippen molar-refractivity contribution in [3.8, 4) is 17.2 Å². The van der Waals surface area contributed by atoms with E-state index in [0.717, 1.165) is 15.6 Å². The highest BCUT2D eigenvalue weighted by Gasteiger charge is 2.23. The molecule has 5 aromatic rings. The number of aromatic nitrogens is 3. The lowest BCUT2D eigenvalue weighted by molar-refractivity contribution is -0.116. The molecule has 9 heteroatoms. The average Bonchev–Trinajstić information content (AvgIpc) is 3.19. The molecule has 0 aliphatic rings. The Morgan fingerprint density at radius 1 is 0.892 bits per heavy atom. The van der Waals surface area contributed by atoms with Crippen molar-refractivity contribution in [2.75, 3.05) is 19.5 Å². The van der Waals surface area contributed by atoms with Gasteiger partial charge in [0.1, 0.15) is 23.6 Å². The molecular formula is C28H26N4O5. The van der Waals surface area contributed by atoms with Gasteiger partial charge >= 0.3 is 5.69 Å². The number of nitrogens with zero attached hydrogens (tertiary/aromatic N) is 3. The molecule has 3 aromatic carbocycles. The van der Waals surface area contributed by atoms with Crippen molar-refractivity contribution in [3.63, 3.8) is 0 Å². The number of hydrogen-bond acceptors (Lipinski definition) is 5. The predicted octanol–water partition coefficient (Wildman–Crippen LogP) is 3.61. The van der Waals surface area contributed by atoms with Crippen LogP contribution in [0.15, 0.2) is 76.3 Å². The fraction of sp³-hybridized carbons (Fsp3) is 0.179. The maximum absolute atomic E-state index is 13.9. The lowest BCUT2D eigenvalue weighted by Crippen LogP contribution is -2.41. The van der Waals surface area contributed by atoms with E-state index in [1.54, 1.807) is 80.4 Å². The molecule has 0 atom stereocenters. The predicted molar refractivity (Wildman–Crippen MR) is 143 cm³/mol. The first-order valence-electron chi connectivity index (χ1n) is 11.7. The summed E-state index contributed by atoms with van der Waals surface area (Å²) in [4.78, 5) is 40.8. The number of methoxy groups -OCH3 is 2. The summed E-state index contributed by atoms with van der Waals surface area (Å²) in [6, 6.07) is 19.4. The molecule has 0 aliphatic carbocycles. The highest BCUT2D eigenvalue weighted by molar-refractivity contribution is 6.07. The molecule has 1 N–H and O–H groups in total. The zero-order chi connectivity index (χ0) is 26.3. The Hall–Kier alpha value is -4.79. The van der Waals surface area contributed by atoms with E-state index >= 15 is 0 Å². The summed E-state index contributed by atoms with van der Waals surface area (Å²) < 4.78 is 14.8. The normalized spacial score (nSPS) is 11.1. The van der Waals surface area contributed by atoms with Gasteiger partial charge in [0.2, 0.25) is 5.91 Å². The van der Waals surface area contributed by atoms with Crippen LogP contribution in [0.3, 0.4) is 0 Å². The fourth-order valence-corrected chi connectivity index (χ4v) is 4.62. The first-order chi connectivity index (χ1) is 17.8.